The van der Waals surface area contributed by atoms with E-state index in [0.717, 1.165) is 37.7 Å². The first-order chi connectivity index (χ1) is 22.2. The van der Waals surface area contributed by atoms with Crippen molar-refractivity contribution in [3.05, 3.63) is 34.9 Å². The molecule has 0 aromatic rings. The summed E-state index contributed by atoms with van der Waals surface area (Å²) in [6.07, 6.45) is 4.81. The van der Waals surface area contributed by atoms with Crippen LogP contribution in [0.1, 0.15) is 115 Å². The largest absolute Gasteiger partial charge is 0.454 e. The van der Waals surface area contributed by atoms with Crippen molar-refractivity contribution >= 4 is 11.9 Å². The lowest BCUT2D eigenvalue weighted by Gasteiger charge is -2.73. The van der Waals surface area contributed by atoms with Crippen LogP contribution in [0.5, 0.6) is 0 Å². The van der Waals surface area contributed by atoms with Crippen molar-refractivity contribution in [2.75, 3.05) is 6.61 Å². The van der Waals surface area contributed by atoms with Gasteiger partial charge in [0.1, 0.15) is 6.10 Å². The predicted molar refractivity (Wildman–Crippen MR) is 184 cm³/mol. The van der Waals surface area contributed by atoms with E-state index < -0.39 is 70.5 Å². The van der Waals surface area contributed by atoms with Gasteiger partial charge in [0.2, 0.25) is 0 Å². The van der Waals surface area contributed by atoms with Crippen LogP contribution in [0.4, 0.5) is 0 Å². The third-order valence-corrected chi connectivity index (χ3v) is 15.4. The smallest absolute Gasteiger partial charge is 0.333 e. The molecule has 5 aliphatic rings. The quantitative estimate of drug-likeness (QED) is 0.158. The zero-order valence-corrected chi connectivity index (χ0v) is 31.2. The number of fused-ring (bicyclic) bond motifs is 7. The van der Waals surface area contributed by atoms with Gasteiger partial charge in [-0.15, -0.1) is 0 Å². The summed E-state index contributed by atoms with van der Waals surface area (Å²) in [5, 5.41) is 47.8. The van der Waals surface area contributed by atoms with Gasteiger partial charge in [0, 0.05) is 22.0 Å². The molecule has 0 aromatic carbocycles. The molecule has 0 spiro atoms. The Bertz CT molecular complexity index is 1410. The van der Waals surface area contributed by atoms with E-state index in [1.54, 1.807) is 39.8 Å². The van der Waals surface area contributed by atoms with Crippen molar-refractivity contribution in [1.29, 1.82) is 0 Å². The van der Waals surface area contributed by atoms with Crippen LogP contribution in [0, 0.1) is 50.2 Å². The fourth-order valence-corrected chi connectivity index (χ4v) is 11.9. The van der Waals surface area contributed by atoms with Crippen LogP contribution in [0.3, 0.4) is 0 Å². The SMILES string of the molecule is C/C=C(/C)C(=O)O[C@H]1[C@H](OC(=O)/C(C)=C\C)[C@]2(CO)[C@H](O)[C@H](O)[C@]3(C)C(=CC[C@@H]4[C@@]5(C)CC[C@H](O)C(C)(C)[C@@H]5CC[C@]43C)[C@@H]2CC1(C)C. The summed E-state index contributed by atoms with van der Waals surface area (Å²) < 4.78 is 12.4. The number of ether oxygens (including phenoxy) is 2. The highest BCUT2D eigenvalue weighted by atomic mass is 16.6. The summed E-state index contributed by atoms with van der Waals surface area (Å²) in [5.41, 5.74) is -2.06. The first kappa shape index (κ1) is 37.3. The average molecular weight is 671 g/mol. The van der Waals surface area contributed by atoms with Crippen molar-refractivity contribution in [2.24, 2.45) is 50.2 Å². The van der Waals surface area contributed by atoms with E-state index in [-0.39, 0.29) is 22.9 Å². The molecule has 8 nitrogen and oxygen atoms in total. The first-order valence-corrected chi connectivity index (χ1v) is 18.2. The Hall–Kier alpha value is -2.00. The molecule has 5 aliphatic carbocycles. The molecule has 0 amide bonds. The molecule has 4 saturated carbocycles. The zero-order chi connectivity index (χ0) is 36.0. The molecule has 4 fully saturated rings. The van der Waals surface area contributed by atoms with Gasteiger partial charge in [-0.05, 0) is 100 Å². The molecule has 0 saturated heterocycles. The van der Waals surface area contributed by atoms with E-state index >= 15 is 0 Å². The van der Waals surface area contributed by atoms with Gasteiger partial charge in [-0.2, -0.15) is 0 Å². The monoisotopic (exact) mass is 670 g/mol. The molecule has 12 atom stereocenters. The molecular formula is C40H62O8. The summed E-state index contributed by atoms with van der Waals surface area (Å²) in [6.45, 7) is 21.4. The second kappa shape index (κ2) is 12.1. The normalized spacial score (nSPS) is 46.6. The second-order valence-electron chi connectivity index (χ2n) is 18.0. The van der Waals surface area contributed by atoms with Crippen molar-refractivity contribution in [1.82, 2.24) is 0 Å². The van der Waals surface area contributed by atoms with Gasteiger partial charge >= 0.3 is 11.9 Å². The van der Waals surface area contributed by atoms with Gasteiger partial charge in [-0.3, -0.25) is 0 Å². The number of aliphatic hydroxyl groups excluding tert-OH is 4. The fraction of sp³-hybridized carbons (Fsp3) is 0.800. The number of aliphatic hydroxyl groups is 4. The van der Waals surface area contributed by atoms with Gasteiger partial charge in [0.25, 0.3) is 0 Å². The van der Waals surface area contributed by atoms with Crippen LogP contribution in [0.25, 0.3) is 0 Å². The Kier molecular flexibility index (Phi) is 9.36. The molecule has 270 valence electrons. The molecule has 4 N–H and O–H groups in total. The summed E-state index contributed by atoms with van der Waals surface area (Å²) in [7, 11) is 0. The van der Waals surface area contributed by atoms with Gasteiger partial charge in [-0.25, -0.2) is 9.59 Å². The summed E-state index contributed by atoms with van der Waals surface area (Å²) in [4.78, 5) is 26.8. The lowest BCUT2D eigenvalue weighted by atomic mass is 9.32. The lowest BCUT2D eigenvalue weighted by molar-refractivity contribution is -0.292. The molecular weight excluding hydrogens is 608 g/mol. The third-order valence-electron chi connectivity index (χ3n) is 15.4. The van der Waals surface area contributed by atoms with E-state index in [2.05, 4.69) is 40.7 Å². The van der Waals surface area contributed by atoms with Crippen molar-refractivity contribution < 1.29 is 39.5 Å². The maximum atomic E-state index is 13.5. The number of rotatable bonds is 5. The van der Waals surface area contributed by atoms with Crippen LogP contribution in [0.15, 0.2) is 34.9 Å². The maximum absolute atomic E-state index is 13.5. The molecule has 0 bridgehead atoms. The topological polar surface area (TPSA) is 134 Å². The van der Waals surface area contributed by atoms with E-state index in [9.17, 15) is 30.0 Å². The zero-order valence-electron chi connectivity index (χ0n) is 31.2. The Morgan fingerprint density at radius 2 is 1.40 bits per heavy atom. The highest BCUT2D eigenvalue weighted by Gasteiger charge is 2.76. The lowest BCUT2D eigenvalue weighted by Crippen LogP contribution is -2.76. The molecule has 0 aliphatic heterocycles. The van der Waals surface area contributed by atoms with Crippen LogP contribution in [-0.4, -0.2) is 69.5 Å². The maximum Gasteiger partial charge on any atom is 0.333 e. The molecule has 8 heteroatoms. The minimum Gasteiger partial charge on any atom is -0.454 e. The number of hydrogen-bond donors (Lipinski definition) is 4. The number of carbonyl (C=O) groups excluding carboxylic acids is 2. The van der Waals surface area contributed by atoms with Crippen LogP contribution in [-0.2, 0) is 19.1 Å². The van der Waals surface area contributed by atoms with E-state index in [1.807, 2.05) is 13.8 Å². The van der Waals surface area contributed by atoms with Crippen LogP contribution >= 0.6 is 0 Å². The van der Waals surface area contributed by atoms with Gasteiger partial charge in [0.15, 0.2) is 6.10 Å². The van der Waals surface area contributed by atoms with E-state index in [0.29, 0.717) is 23.5 Å². The average Bonchev–Trinajstić information content (AvgIpc) is 3.03. The highest BCUT2D eigenvalue weighted by Crippen LogP contribution is 2.76. The molecule has 0 radical (unpaired) electrons. The highest BCUT2D eigenvalue weighted by molar-refractivity contribution is 5.88. The molecule has 0 unspecified atom stereocenters. The number of esters is 2. The summed E-state index contributed by atoms with van der Waals surface area (Å²) in [6, 6.07) is 0. The molecule has 0 heterocycles. The predicted octanol–water partition coefficient (Wildman–Crippen LogP) is 6.06. The van der Waals surface area contributed by atoms with Crippen molar-refractivity contribution in [2.45, 2.75) is 145 Å². The minimum absolute atomic E-state index is 0.0746. The molecule has 0 aromatic heterocycles. The van der Waals surface area contributed by atoms with Crippen LogP contribution in [0.2, 0.25) is 0 Å². The number of carbonyl (C=O) groups is 2. The Morgan fingerprint density at radius 3 is 1.94 bits per heavy atom. The Balaban J connectivity index is 1.69. The van der Waals surface area contributed by atoms with Gasteiger partial charge < -0.3 is 29.9 Å². The molecule has 48 heavy (non-hydrogen) atoms. The molecule has 5 rings (SSSR count). The van der Waals surface area contributed by atoms with Crippen molar-refractivity contribution in [3.63, 3.8) is 0 Å². The first-order valence-electron chi connectivity index (χ1n) is 18.2. The van der Waals surface area contributed by atoms with Crippen molar-refractivity contribution in [3.8, 4) is 0 Å². The number of allylic oxidation sites excluding steroid dienone is 3. The second-order valence-corrected chi connectivity index (χ2v) is 18.0. The standard InChI is InChI=1S/C40H62O8/c1-12-22(3)33(45)47-31-32(48-34(46)23(4)13-2)40(21-41)25(20-35(31,5)6)24-14-15-27-37(9)18-17-28(42)36(7,8)26(37)16-19-38(27,10)39(24,11)29(43)30(40)44/h12-14,25-32,41-44H,15-21H2,1-11H3/b22-12-,23-13-/t25-,26-,27+,28-,29-,30+,31-,32-,37-,38+,39-,40-/m0/s1. The number of hydrogen-bond acceptors (Lipinski definition) is 8. The fourth-order valence-electron chi connectivity index (χ4n) is 11.9. The summed E-state index contributed by atoms with van der Waals surface area (Å²) >= 11 is 0. The Morgan fingerprint density at radius 1 is 0.833 bits per heavy atom. The van der Waals surface area contributed by atoms with Gasteiger partial charge in [-0.1, -0.05) is 72.3 Å². The third kappa shape index (κ3) is 4.81. The van der Waals surface area contributed by atoms with Gasteiger partial charge in [0.05, 0.1) is 30.3 Å². The summed E-state index contributed by atoms with van der Waals surface area (Å²) in [5.74, 6) is -1.12. The van der Waals surface area contributed by atoms with E-state index in [4.69, 9.17) is 9.47 Å². The van der Waals surface area contributed by atoms with Crippen LogP contribution < -0.4 is 0 Å². The minimum atomic E-state index is -1.53. The van der Waals surface area contributed by atoms with E-state index in [1.165, 1.54) is 0 Å². The Labute approximate surface area is 288 Å².